The summed E-state index contributed by atoms with van der Waals surface area (Å²) in [6.45, 7) is 6.63. The number of amides is 1. The van der Waals surface area contributed by atoms with Crippen LogP contribution in [-0.4, -0.2) is 67.7 Å². The van der Waals surface area contributed by atoms with E-state index in [0.717, 1.165) is 49.6 Å². The van der Waals surface area contributed by atoms with Crippen LogP contribution in [0.3, 0.4) is 0 Å². The summed E-state index contributed by atoms with van der Waals surface area (Å²) < 4.78 is 5.54. The lowest BCUT2D eigenvalue weighted by Crippen LogP contribution is -2.39. The van der Waals surface area contributed by atoms with Crippen molar-refractivity contribution in [3.05, 3.63) is 29.3 Å². The van der Waals surface area contributed by atoms with Gasteiger partial charge in [0.1, 0.15) is 5.75 Å². The van der Waals surface area contributed by atoms with Gasteiger partial charge in [-0.05, 0) is 31.7 Å². The maximum absolute atomic E-state index is 12.1. The van der Waals surface area contributed by atoms with Crippen molar-refractivity contribution in [3.8, 4) is 5.75 Å². The van der Waals surface area contributed by atoms with Crippen molar-refractivity contribution >= 4 is 5.91 Å². The van der Waals surface area contributed by atoms with Gasteiger partial charge in [-0.15, -0.1) is 0 Å². The van der Waals surface area contributed by atoms with Crippen molar-refractivity contribution in [2.75, 3.05) is 46.9 Å². The SMILES string of the molecule is CCOc1ccc(CN2CCN(C)CC(C(=O)NC)C2)cc1CO. The predicted octanol–water partition coefficient (Wildman–Crippen LogP) is 0.687. The molecule has 2 rings (SSSR count). The number of rotatable bonds is 6. The van der Waals surface area contributed by atoms with Gasteiger partial charge >= 0.3 is 0 Å². The standard InChI is InChI=1S/C18H29N3O3/c1-4-24-17-6-5-14(9-15(17)13-22)10-21-8-7-20(3)11-16(12-21)18(23)19-2/h5-6,9,16,22H,4,7-8,10-13H2,1-3H3,(H,19,23). The molecule has 1 saturated heterocycles. The monoisotopic (exact) mass is 335 g/mol. The highest BCUT2D eigenvalue weighted by molar-refractivity contribution is 5.78. The molecule has 0 aromatic heterocycles. The number of likely N-dealkylation sites (N-methyl/N-ethyl adjacent to an activating group) is 1. The third kappa shape index (κ3) is 4.93. The molecule has 1 fully saturated rings. The van der Waals surface area contributed by atoms with Crippen molar-refractivity contribution in [1.29, 1.82) is 0 Å². The lowest BCUT2D eigenvalue weighted by atomic mass is 10.1. The van der Waals surface area contributed by atoms with Crippen molar-refractivity contribution in [2.24, 2.45) is 5.92 Å². The maximum Gasteiger partial charge on any atom is 0.225 e. The second kappa shape index (κ2) is 9.01. The van der Waals surface area contributed by atoms with Crippen LogP contribution >= 0.6 is 0 Å². The molecule has 6 nitrogen and oxygen atoms in total. The van der Waals surface area contributed by atoms with Crippen LogP contribution in [0.5, 0.6) is 5.75 Å². The van der Waals surface area contributed by atoms with Gasteiger partial charge in [0.05, 0.1) is 19.1 Å². The summed E-state index contributed by atoms with van der Waals surface area (Å²) in [5.74, 6) is 0.807. The molecular formula is C18H29N3O3. The van der Waals surface area contributed by atoms with E-state index in [0.29, 0.717) is 6.61 Å². The van der Waals surface area contributed by atoms with Crippen LogP contribution in [0.4, 0.5) is 0 Å². The van der Waals surface area contributed by atoms with Crippen LogP contribution in [0.1, 0.15) is 18.1 Å². The van der Waals surface area contributed by atoms with Crippen LogP contribution in [0.15, 0.2) is 18.2 Å². The number of carbonyl (C=O) groups is 1. The van der Waals surface area contributed by atoms with E-state index < -0.39 is 0 Å². The van der Waals surface area contributed by atoms with E-state index in [1.165, 1.54) is 0 Å². The van der Waals surface area contributed by atoms with E-state index in [-0.39, 0.29) is 18.4 Å². The predicted molar refractivity (Wildman–Crippen MR) is 93.9 cm³/mol. The first-order chi connectivity index (χ1) is 11.6. The zero-order valence-corrected chi connectivity index (χ0v) is 14.9. The Bertz CT molecular complexity index is 550. The number of benzene rings is 1. The fourth-order valence-corrected chi connectivity index (χ4v) is 3.16. The Kier molecular flexibility index (Phi) is 7.02. The topological polar surface area (TPSA) is 65.0 Å². The molecule has 1 atom stereocenters. The summed E-state index contributed by atoms with van der Waals surface area (Å²) in [5.41, 5.74) is 1.94. The first-order valence-electron chi connectivity index (χ1n) is 8.55. The van der Waals surface area contributed by atoms with Crippen molar-refractivity contribution in [1.82, 2.24) is 15.1 Å². The fourth-order valence-electron chi connectivity index (χ4n) is 3.16. The van der Waals surface area contributed by atoms with Crippen molar-refractivity contribution in [2.45, 2.75) is 20.1 Å². The van der Waals surface area contributed by atoms with Crippen LogP contribution in [0, 0.1) is 5.92 Å². The van der Waals surface area contributed by atoms with E-state index in [9.17, 15) is 9.90 Å². The molecule has 1 aromatic carbocycles. The van der Waals surface area contributed by atoms with Crippen molar-refractivity contribution in [3.63, 3.8) is 0 Å². The molecule has 0 saturated carbocycles. The minimum absolute atomic E-state index is 0.0255. The Labute approximate surface area is 144 Å². The van der Waals surface area contributed by atoms with Gasteiger partial charge in [0.2, 0.25) is 5.91 Å². The van der Waals surface area contributed by atoms with Crippen LogP contribution in [-0.2, 0) is 17.9 Å². The van der Waals surface area contributed by atoms with Gasteiger partial charge in [0, 0.05) is 45.3 Å². The fraction of sp³-hybridized carbons (Fsp3) is 0.611. The van der Waals surface area contributed by atoms with E-state index in [2.05, 4.69) is 22.2 Å². The number of aliphatic hydroxyl groups is 1. The van der Waals surface area contributed by atoms with Gasteiger partial charge in [0.25, 0.3) is 0 Å². The number of hydrogen-bond acceptors (Lipinski definition) is 5. The molecule has 0 spiro atoms. The summed E-state index contributed by atoms with van der Waals surface area (Å²) >= 11 is 0. The molecule has 0 bridgehead atoms. The molecule has 24 heavy (non-hydrogen) atoms. The first kappa shape index (κ1) is 18.7. The normalized spacial score (nSPS) is 19.8. The average molecular weight is 335 g/mol. The molecule has 1 aromatic rings. The Hall–Kier alpha value is -1.63. The van der Waals surface area contributed by atoms with Crippen LogP contribution in [0.25, 0.3) is 0 Å². The molecule has 1 heterocycles. The van der Waals surface area contributed by atoms with E-state index in [1.807, 2.05) is 25.1 Å². The largest absolute Gasteiger partial charge is 0.494 e. The highest BCUT2D eigenvalue weighted by atomic mass is 16.5. The molecule has 134 valence electrons. The number of carbonyl (C=O) groups excluding carboxylic acids is 1. The Balaban J connectivity index is 2.09. The molecule has 0 radical (unpaired) electrons. The third-order valence-electron chi connectivity index (χ3n) is 4.43. The average Bonchev–Trinajstić information content (AvgIpc) is 2.77. The zero-order valence-electron chi connectivity index (χ0n) is 14.9. The maximum atomic E-state index is 12.1. The minimum Gasteiger partial charge on any atom is -0.494 e. The van der Waals surface area contributed by atoms with Gasteiger partial charge in [-0.3, -0.25) is 9.69 Å². The third-order valence-corrected chi connectivity index (χ3v) is 4.43. The number of nitrogens with one attached hydrogen (secondary N) is 1. The van der Waals surface area contributed by atoms with Crippen LogP contribution in [0.2, 0.25) is 0 Å². The van der Waals surface area contributed by atoms with Gasteiger partial charge < -0.3 is 20.1 Å². The molecule has 1 aliphatic rings. The number of aliphatic hydroxyl groups excluding tert-OH is 1. The Morgan fingerprint density at radius 3 is 2.83 bits per heavy atom. The molecule has 1 unspecified atom stereocenters. The second-order valence-electron chi connectivity index (χ2n) is 6.34. The zero-order chi connectivity index (χ0) is 17.5. The molecule has 0 aliphatic carbocycles. The van der Waals surface area contributed by atoms with Gasteiger partial charge in [0.15, 0.2) is 0 Å². The lowest BCUT2D eigenvalue weighted by molar-refractivity contribution is -0.125. The summed E-state index contributed by atoms with van der Waals surface area (Å²) in [6, 6.07) is 5.95. The second-order valence-corrected chi connectivity index (χ2v) is 6.34. The van der Waals surface area contributed by atoms with E-state index in [4.69, 9.17) is 4.74 Å². The molecule has 6 heteroatoms. The molecule has 1 aliphatic heterocycles. The molecule has 2 N–H and O–H groups in total. The van der Waals surface area contributed by atoms with Gasteiger partial charge in [-0.25, -0.2) is 0 Å². The minimum atomic E-state index is -0.0349. The van der Waals surface area contributed by atoms with Gasteiger partial charge in [-0.1, -0.05) is 6.07 Å². The summed E-state index contributed by atoms with van der Waals surface area (Å²) in [6.07, 6.45) is 0. The molecular weight excluding hydrogens is 306 g/mol. The molecule has 1 amide bonds. The highest BCUT2D eigenvalue weighted by Crippen LogP contribution is 2.22. The Morgan fingerprint density at radius 1 is 1.38 bits per heavy atom. The number of hydrogen-bond donors (Lipinski definition) is 2. The summed E-state index contributed by atoms with van der Waals surface area (Å²) in [7, 11) is 3.75. The highest BCUT2D eigenvalue weighted by Gasteiger charge is 2.25. The van der Waals surface area contributed by atoms with E-state index in [1.54, 1.807) is 7.05 Å². The number of nitrogens with zero attached hydrogens (tertiary/aromatic N) is 2. The van der Waals surface area contributed by atoms with Crippen molar-refractivity contribution < 1.29 is 14.6 Å². The number of ether oxygens (including phenoxy) is 1. The van der Waals surface area contributed by atoms with E-state index >= 15 is 0 Å². The Morgan fingerprint density at radius 2 is 2.17 bits per heavy atom. The smallest absolute Gasteiger partial charge is 0.225 e. The summed E-state index contributed by atoms with van der Waals surface area (Å²) in [5, 5.41) is 12.3. The lowest BCUT2D eigenvalue weighted by Gasteiger charge is -2.23. The van der Waals surface area contributed by atoms with Crippen LogP contribution < -0.4 is 10.1 Å². The van der Waals surface area contributed by atoms with Gasteiger partial charge in [-0.2, -0.15) is 0 Å². The quantitative estimate of drug-likeness (QED) is 0.801. The first-order valence-corrected chi connectivity index (χ1v) is 8.55. The summed E-state index contributed by atoms with van der Waals surface area (Å²) in [4.78, 5) is 16.6.